The molecule has 96 valence electrons. The predicted octanol–water partition coefficient (Wildman–Crippen LogP) is 2.16. The summed E-state index contributed by atoms with van der Waals surface area (Å²) >= 11 is 0. The van der Waals surface area contributed by atoms with Crippen LogP contribution >= 0.6 is 0 Å². The van der Waals surface area contributed by atoms with Gasteiger partial charge in [-0.3, -0.25) is 4.79 Å². The molecule has 3 rings (SSSR count). The summed E-state index contributed by atoms with van der Waals surface area (Å²) in [5.74, 6) is 0.0489. The fourth-order valence-electron chi connectivity index (χ4n) is 2.61. The molecule has 0 bridgehead atoms. The van der Waals surface area contributed by atoms with Crippen LogP contribution in [0.15, 0.2) is 18.2 Å². The Labute approximate surface area is 107 Å². The van der Waals surface area contributed by atoms with Crippen LogP contribution in [0.2, 0.25) is 0 Å². The van der Waals surface area contributed by atoms with Gasteiger partial charge in [0.05, 0.1) is 12.5 Å². The van der Waals surface area contributed by atoms with Crippen molar-refractivity contribution in [2.24, 2.45) is 0 Å². The third-order valence-electron chi connectivity index (χ3n) is 3.54. The highest BCUT2D eigenvalue weighted by atomic mass is 16.5. The number of nitrogens with one attached hydrogen (secondary N) is 2. The molecule has 2 N–H and O–H groups in total. The van der Waals surface area contributed by atoms with Crippen molar-refractivity contribution in [3.63, 3.8) is 0 Å². The molecule has 0 spiro atoms. The van der Waals surface area contributed by atoms with E-state index in [1.54, 1.807) is 0 Å². The standard InChI is InChI=1S/C14H18N2O2/c17-14(9-12-2-1-7-18-12)16-11-3-4-13-10(8-11)5-6-15-13/h3-4,8,12,15H,1-2,5-7,9H2,(H,16,17). The molecule has 4 nitrogen and oxygen atoms in total. The zero-order chi connectivity index (χ0) is 12.4. The van der Waals surface area contributed by atoms with Gasteiger partial charge in [-0.2, -0.15) is 0 Å². The number of benzene rings is 1. The van der Waals surface area contributed by atoms with E-state index in [0.29, 0.717) is 6.42 Å². The highest BCUT2D eigenvalue weighted by molar-refractivity contribution is 5.91. The van der Waals surface area contributed by atoms with E-state index in [9.17, 15) is 4.79 Å². The minimum Gasteiger partial charge on any atom is -0.384 e. The fraction of sp³-hybridized carbons (Fsp3) is 0.500. The van der Waals surface area contributed by atoms with Gasteiger partial charge in [-0.25, -0.2) is 0 Å². The summed E-state index contributed by atoms with van der Waals surface area (Å²) in [7, 11) is 0. The molecule has 0 aromatic heterocycles. The lowest BCUT2D eigenvalue weighted by Gasteiger charge is -2.10. The molecule has 1 aromatic carbocycles. The van der Waals surface area contributed by atoms with Gasteiger partial charge in [-0.1, -0.05) is 0 Å². The molecule has 18 heavy (non-hydrogen) atoms. The number of anilines is 2. The molecule has 1 fully saturated rings. The van der Waals surface area contributed by atoms with Crippen molar-refractivity contribution in [1.82, 2.24) is 0 Å². The van der Waals surface area contributed by atoms with Crippen LogP contribution in [0.3, 0.4) is 0 Å². The van der Waals surface area contributed by atoms with Crippen LogP contribution in [-0.4, -0.2) is 25.2 Å². The molecule has 2 aliphatic rings. The molecule has 1 atom stereocenters. The van der Waals surface area contributed by atoms with Crippen LogP contribution < -0.4 is 10.6 Å². The molecule has 2 heterocycles. The largest absolute Gasteiger partial charge is 0.384 e. The Hall–Kier alpha value is -1.55. The van der Waals surface area contributed by atoms with Crippen LogP contribution in [0.4, 0.5) is 11.4 Å². The van der Waals surface area contributed by atoms with Gasteiger partial charge in [0, 0.05) is 24.5 Å². The van der Waals surface area contributed by atoms with Crippen LogP contribution in [0.5, 0.6) is 0 Å². The lowest BCUT2D eigenvalue weighted by Crippen LogP contribution is -2.19. The quantitative estimate of drug-likeness (QED) is 0.859. The van der Waals surface area contributed by atoms with E-state index in [-0.39, 0.29) is 12.0 Å². The minimum absolute atomic E-state index is 0.0489. The number of carbonyl (C=O) groups excluding carboxylic acids is 1. The summed E-state index contributed by atoms with van der Waals surface area (Å²) in [5, 5.41) is 6.26. The second kappa shape index (κ2) is 4.98. The Morgan fingerprint density at radius 3 is 3.28 bits per heavy atom. The first-order valence-electron chi connectivity index (χ1n) is 6.59. The normalized spacial score (nSPS) is 21.4. The molecule has 0 aliphatic carbocycles. The van der Waals surface area contributed by atoms with Crippen molar-refractivity contribution >= 4 is 17.3 Å². The van der Waals surface area contributed by atoms with Crippen molar-refractivity contribution in [3.8, 4) is 0 Å². The number of hydrogen-bond donors (Lipinski definition) is 2. The Bertz CT molecular complexity index is 453. The lowest BCUT2D eigenvalue weighted by molar-refractivity contribution is -0.118. The van der Waals surface area contributed by atoms with E-state index >= 15 is 0 Å². The second-order valence-electron chi connectivity index (χ2n) is 4.94. The first-order valence-corrected chi connectivity index (χ1v) is 6.59. The highest BCUT2D eigenvalue weighted by Gasteiger charge is 2.19. The predicted molar refractivity (Wildman–Crippen MR) is 70.9 cm³/mol. The average molecular weight is 246 g/mol. The maximum Gasteiger partial charge on any atom is 0.226 e. The van der Waals surface area contributed by atoms with Gasteiger partial charge in [-0.15, -0.1) is 0 Å². The Morgan fingerprint density at radius 2 is 2.44 bits per heavy atom. The molecule has 4 heteroatoms. The summed E-state index contributed by atoms with van der Waals surface area (Å²) in [6.07, 6.45) is 3.69. The van der Waals surface area contributed by atoms with Crippen molar-refractivity contribution in [1.29, 1.82) is 0 Å². The fourth-order valence-corrected chi connectivity index (χ4v) is 2.61. The zero-order valence-electron chi connectivity index (χ0n) is 10.4. The Kier molecular flexibility index (Phi) is 3.19. The van der Waals surface area contributed by atoms with Gasteiger partial charge in [0.25, 0.3) is 0 Å². The van der Waals surface area contributed by atoms with Crippen molar-refractivity contribution in [2.45, 2.75) is 31.8 Å². The first-order chi connectivity index (χ1) is 8.81. The molecular formula is C14H18N2O2. The Balaban J connectivity index is 1.60. The van der Waals surface area contributed by atoms with Gasteiger partial charge in [-0.05, 0) is 43.0 Å². The highest BCUT2D eigenvalue weighted by Crippen LogP contribution is 2.25. The number of fused-ring (bicyclic) bond motifs is 1. The topological polar surface area (TPSA) is 50.4 Å². The SMILES string of the molecule is O=C(CC1CCCO1)Nc1ccc2c(c1)CCN2. The third-order valence-corrected chi connectivity index (χ3v) is 3.54. The summed E-state index contributed by atoms with van der Waals surface area (Å²) < 4.78 is 5.46. The molecule has 0 radical (unpaired) electrons. The van der Waals surface area contributed by atoms with E-state index in [1.807, 2.05) is 12.1 Å². The van der Waals surface area contributed by atoms with Crippen LogP contribution in [-0.2, 0) is 16.0 Å². The summed E-state index contributed by atoms with van der Waals surface area (Å²) in [6, 6.07) is 6.04. The first kappa shape index (κ1) is 11.5. The molecule has 0 saturated carbocycles. The smallest absolute Gasteiger partial charge is 0.226 e. The van der Waals surface area contributed by atoms with E-state index < -0.39 is 0 Å². The van der Waals surface area contributed by atoms with Crippen molar-refractivity contribution in [3.05, 3.63) is 23.8 Å². The molecular weight excluding hydrogens is 228 g/mol. The van der Waals surface area contributed by atoms with Gasteiger partial charge in [0.1, 0.15) is 0 Å². The van der Waals surface area contributed by atoms with Gasteiger partial charge >= 0.3 is 0 Å². The van der Waals surface area contributed by atoms with Crippen LogP contribution in [0.1, 0.15) is 24.8 Å². The van der Waals surface area contributed by atoms with Gasteiger partial charge in [0.15, 0.2) is 0 Å². The third kappa shape index (κ3) is 2.48. The number of rotatable bonds is 3. The second-order valence-corrected chi connectivity index (χ2v) is 4.94. The van der Waals surface area contributed by atoms with Crippen LogP contribution in [0.25, 0.3) is 0 Å². The molecule has 1 amide bonds. The average Bonchev–Trinajstić information content (AvgIpc) is 2.98. The molecule has 1 saturated heterocycles. The number of carbonyl (C=O) groups is 1. The number of ether oxygens (including phenoxy) is 1. The molecule has 2 aliphatic heterocycles. The maximum absolute atomic E-state index is 11.9. The summed E-state index contributed by atoms with van der Waals surface area (Å²) in [5.41, 5.74) is 3.36. The van der Waals surface area contributed by atoms with Crippen molar-refractivity contribution < 1.29 is 9.53 Å². The number of hydrogen-bond acceptors (Lipinski definition) is 3. The number of amides is 1. The van der Waals surface area contributed by atoms with E-state index in [2.05, 4.69) is 16.7 Å². The monoisotopic (exact) mass is 246 g/mol. The van der Waals surface area contributed by atoms with Gasteiger partial charge in [0.2, 0.25) is 5.91 Å². The van der Waals surface area contributed by atoms with E-state index in [1.165, 1.54) is 11.3 Å². The Morgan fingerprint density at radius 1 is 1.50 bits per heavy atom. The lowest BCUT2D eigenvalue weighted by atomic mass is 10.1. The van der Waals surface area contributed by atoms with Crippen molar-refractivity contribution in [2.75, 3.05) is 23.8 Å². The van der Waals surface area contributed by atoms with E-state index in [4.69, 9.17) is 4.74 Å². The summed E-state index contributed by atoms with van der Waals surface area (Å²) in [6.45, 7) is 1.78. The van der Waals surface area contributed by atoms with E-state index in [0.717, 1.165) is 38.1 Å². The zero-order valence-corrected chi connectivity index (χ0v) is 10.4. The minimum atomic E-state index is 0.0489. The molecule has 1 unspecified atom stereocenters. The van der Waals surface area contributed by atoms with Crippen LogP contribution in [0, 0.1) is 0 Å². The maximum atomic E-state index is 11.9. The summed E-state index contributed by atoms with van der Waals surface area (Å²) in [4.78, 5) is 11.9. The molecule has 1 aromatic rings. The van der Waals surface area contributed by atoms with Gasteiger partial charge < -0.3 is 15.4 Å².